The van der Waals surface area contributed by atoms with Gasteiger partial charge >= 0.3 is 0 Å². The molecule has 1 aliphatic rings. The third-order valence-electron chi connectivity index (χ3n) is 3.91. The van der Waals surface area contributed by atoms with Crippen LogP contribution < -0.4 is 0 Å². The van der Waals surface area contributed by atoms with E-state index in [-0.39, 0.29) is 5.91 Å². The zero-order chi connectivity index (χ0) is 14.5. The van der Waals surface area contributed by atoms with E-state index in [0.717, 1.165) is 25.9 Å². The number of aryl methyl sites for hydroxylation is 1. The Bertz CT molecular complexity index is 569. The monoisotopic (exact) mass is 285 g/mol. The van der Waals surface area contributed by atoms with E-state index >= 15 is 0 Å². The van der Waals surface area contributed by atoms with Crippen molar-refractivity contribution < 1.29 is 4.79 Å². The van der Waals surface area contributed by atoms with Crippen LogP contribution in [0.5, 0.6) is 0 Å². The molecular weight excluding hydrogens is 266 g/mol. The van der Waals surface area contributed by atoms with Gasteiger partial charge in [0.15, 0.2) is 0 Å². The van der Waals surface area contributed by atoms with Crippen molar-refractivity contribution >= 4 is 5.91 Å². The van der Waals surface area contributed by atoms with Crippen molar-refractivity contribution in [2.45, 2.75) is 25.8 Å². The summed E-state index contributed by atoms with van der Waals surface area (Å²) in [6.07, 6.45) is 9.40. The van der Waals surface area contributed by atoms with Gasteiger partial charge < -0.3 is 4.90 Å². The van der Waals surface area contributed by atoms with Gasteiger partial charge in [0, 0.05) is 31.9 Å². The minimum Gasteiger partial charge on any atom is -0.342 e. The van der Waals surface area contributed by atoms with Gasteiger partial charge in [0.05, 0.1) is 6.54 Å². The van der Waals surface area contributed by atoms with E-state index in [0.29, 0.717) is 18.9 Å². The molecule has 1 aliphatic heterocycles. The van der Waals surface area contributed by atoms with Gasteiger partial charge in [-0.2, -0.15) is 5.10 Å². The highest BCUT2D eigenvalue weighted by molar-refractivity contribution is 5.76. The highest BCUT2D eigenvalue weighted by atomic mass is 16.2. The number of pyridine rings is 1. The van der Waals surface area contributed by atoms with E-state index in [1.54, 1.807) is 17.2 Å². The minimum atomic E-state index is 0.208. The van der Waals surface area contributed by atoms with Crippen LogP contribution in [0.15, 0.2) is 37.2 Å². The van der Waals surface area contributed by atoms with Crippen LogP contribution in [-0.4, -0.2) is 43.6 Å². The summed E-state index contributed by atoms with van der Waals surface area (Å²) in [6, 6.07) is 4.06. The van der Waals surface area contributed by atoms with Gasteiger partial charge in [0.1, 0.15) is 12.7 Å². The van der Waals surface area contributed by atoms with Gasteiger partial charge in [-0.05, 0) is 30.4 Å². The first-order valence-electron chi connectivity index (χ1n) is 7.30. The highest BCUT2D eigenvalue weighted by Crippen LogP contribution is 2.21. The molecule has 1 unspecified atom stereocenters. The molecule has 0 saturated carbocycles. The first-order chi connectivity index (χ1) is 10.3. The lowest BCUT2D eigenvalue weighted by atomic mass is 10.0. The first-order valence-corrected chi connectivity index (χ1v) is 7.30. The van der Waals surface area contributed by atoms with Gasteiger partial charge in [-0.15, -0.1) is 0 Å². The maximum Gasteiger partial charge on any atom is 0.224 e. The Balaban J connectivity index is 1.46. The second kappa shape index (κ2) is 6.47. The SMILES string of the molecule is O=C(CCn1cncn1)N1CCC(Cc2cccnc2)C1. The molecule has 6 heteroatoms. The van der Waals surface area contributed by atoms with Gasteiger partial charge in [-0.25, -0.2) is 4.98 Å². The minimum absolute atomic E-state index is 0.208. The zero-order valence-electron chi connectivity index (χ0n) is 11.9. The van der Waals surface area contributed by atoms with Crippen LogP contribution in [0.4, 0.5) is 0 Å². The maximum atomic E-state index is 12.2. The fourth-order valence-corrected chi connectivity index (χ4v) is 2.79. The Kier molecular flexibility index (Phi) is 4.23. The van der Waals surface area contributed by atoms with E-state index in [4.69, 9.17) is 0 Å². The summed E-state index contributed by atoms with van der Waals surface area (Å²) in [5.41, 5.74) is 1.25. The summed E-state index contributed by atoms with van der Waals surface area (Å²) in [7, 11) is 0. The molecule has 1 atom stereocenters. The fourth-order valence-electron chi connectivity index (χ4n) is 2.79. The molecule has 0 N–H and O–H groups in total. The second-order valence-electron chi connectivity index (χ2n) is 5.47. The van der Waals surface area contributed by atoms with E-state index in [9.17, 15) is 4.79 Å². The lowest BCUT2D eigenvalue weighted by molar-refractivity contribution is -0.130. The molecule has 1 fully saturated rings. The molecule has 1 amide bonds. The molecule has 6 nitrogen and oxygen atoms in total. The average molecular weight is 285 g/mol. The van der Waals surface area contributed by atoms with Gasteiger partial charge in [-0.3, -0.25) is 14.5 Å². The van der Waals surface area contributed by atoms with E-state index in [1.165, 1.54) is 11.9 Å². The molecule has 110 valence electrons. The van der Waals surface area contributed by atoms with Gasteiger partial charge in [-0.1, -0.05) is 6.07 Å². The quantitative estimate of drug-likeness (QED) is 0.827. The van der Waals surface area contributed by atoms with E-state index in [2.05, 4.69) is 21.1 Å². The number of amides is 1. The molecule has 3 heterocycles. The van der Waals surface area contributed by atoms with Crippen LogP contribution in [-0.2, 0) is 17.8 Å². The normalized spacial score (nSPS) is 18.1. The van der Waals surface area contributed by atoms with E-state index < -0.39 is 0 Å². The Morgan fingerprint density at radius 3 is 3.10 bits per heavy atom. The fraction of sp³-hybridized carbons (Fsp3) is 0.467. The van der Waals surface area contributed by atoms with Gasteiger partial charge in [0.2, 0.25) is 5.91 Å². The summed E-state index contributed by atoms with van der Waals surface area (Å²) in [5.74, 6) is 0.753. The van der Waals surface area contributed by atoms with Gasteiger partial charge in [0.25, 0.3) is 0 Å². The summed E-state index contributed by atoms with van der Waals surface area (Å²) < 4.78 is 1.70. The van der Waals surface area contributed by atoms with Crippen molar-refractivity contribution in [1.29, 1.82) is 0 Å². The smallest absolute Gasteiger partial charge is 0.224 e. The van der Waals surface area contributed by atoms with Crippen LogP contribution in [0.2, 0.25) is 0 Å². The number of rotatable bonds is 5. The van der Waals surface area contributed by atoms with Crippen molar-refractivity contribution in [3.8, 4) is 0 Å². The Morgan fingerprint density at radius 2 is 2.33 bits per heavy atom. The predicted octanol–water partition coefficient (Wildman–Crippen LogP) is 1.15. The van der Waals surface area contributed by atoms with E-state index in [1.807, 2.05) is 17.2 Å². The van der Waals surface area contributed by atoms with Crippen LogP contribution >= 0.6 is 0 Å². The standard InChI is InChI=1S/C15H19N5O/c21-15(4-7-20-12-17-11-18-20)19-6-3-14(10-19)8-13-2-1-5-16-9-13/h1-2,5,9,11-12,14H,3-4,6-8,10H2. The number of likely N-dealkylation sites (tertiary alicyclic amines) is 1. The summed E-state index contributed by atoms with van der Waals surface area (Å²) in [4.78, 5) is 22.2. The van der Waals surface area contributed by atoms with Crippen molar-refractivity contribution in [3.05, 3.63) is 42.7 Å². The number of nitrogens with zero attached hydrogens (tertiary/aromatic N) is 5. The van der Waals surface area contributed by atoms with Crippen LogP contribution in [0.1, 0.15) is 18.4 Å². The second-order valence-corrected chi connectivity index (χ2v) is 5.47. The van der Waals surface area contributed by atoms with Crippen molar-refractivity contribution in [2.24, 2.45) is 5.92 Å². The molecule has 21 heavy (non-hydrogen) atoms. The lowest BCUT2D eigenvalue weighted by Gasteiger charge is -2.16. The molecular formula is C15H19N5O. The number of aromatic nitrogens is 4. The van der Waals surface area contributed by atoms with Crippen LogP contribution in [0.25, 0.3) is 0 Å². The molecule has 0 radical (unpaired) electrons. The molecule has 0 aromatic carbocycles. The van der Waals surface area contributed by atoms with Crippen molar-refractivity contribution in [3.63, 3.8) is 0 Å². The third-order valence-corrected chi connectivity index (χ3v) is 3.91. The molecule has 2 aromatic rings. The Labute approximate surface area is 123 Å². The number of hydrogen-bond acceptors (Lipinski definition) is 4. The molecule has 0 aliphatic carbocycles. The third kappa shape index (κ3) is 3.65. The summed E-state index contributed by atoms with van der Waals surface area (Å²) >= 11 is 0. The Morgan fingerprint density at radius 1 is 1.38 bits per heavy atom. The molecule has 3 rings (SSSR count). The number of carbonyl (C=O) groups is 1. The zero-order valence-corrected chi connectivity index (χ0v) is 11.9. The molecule has 2 aromatic heterocycles. The first kappa shape index (κ1) is 13.7. The number of hydrogen-bond donors (Lipinski definition) is 0. The van der Waals surface area contributed by atoms with Crippen LogP contribution in [0, 0.1) is 5.92 Å². The van der Waals surface area contributed by atoms with Crippen LogP contribution in [0.3, 0.4) is 0 Å². The predicted molar refractivity (Wildman–Crippen MR) is 77.3 cm³/mol. The molecule has 0 spiro atoms. The number of carbonyl (C=O) groups excluding carboxylic acids is 1. The Hall–Kier alpha value is -2.24. The largest absolute Gasteiger partial charge is 0.342 e. The average Bonchev–Trinajstić information content (AvgIpc) is 3.17. The topological polar surface area (TPSA) is 63.9 Å². The molecule has 1 saturated heterocycles. The van der Waals surface area contributed by atoms with Crippen molar-refractivity contribution in [2.75, 3.05) is 13.1 Å². The summed E-state index contributed by atoms with van der Waals surface area (Å²) in [6.45, 7) is 2.31. The van der Waals surface area contributed by atoms with Crippen molar-refractivity contribution in [1.82, 2.24) is 24.6 Å². The summed E-state index contributed by atoms with van der Waals surface area (Å²) in [5, 5.41) is 4.01. The molecule has 0 bridgehead atoms. The maximum absolute atomic E-state index is 12.2. The highest BCUT2D eigenvalue weighted by Gasteiger charge is 2.26. The lowest BCUT2D eigenvalue weighted by Crippen LogP contribution is -2.29.